The van der Waals surface area contributed by atoms with E-state index in [1.54, 1.807) is 0 Å². The summed E-state index contributed by atoms with van der Waals surface area (Å²) >= 11 is 0. The van der Waals surface area contributed by atoms with Gasteiger partial charge in [0.05, 0.1) is 0 Å². The van der Waals surface area contributed by atoms with Crippen LogP contribution in [0.1, 0.15) is 11.1 Å². The van der Waals surface area contributed by atoms with Crippen LogP contribution >= 0.6 is 0 Å². The summed E-state index contributed by atoms with van der Waals surface area (Å²) in [6.45, 7) is 4.26. The van der Waals surface area contributed by atoms with E-state index in [1.165, 1.54) is 11.1 Å². The standard InChI is InChI=1S/C15H18N2/c1-11-4-5-15(10-12(11)2)17-14-8-6-13(16-3)7-9-14/h4-10,16-17H,1-3H3. The third-order valence-corrected chi connectivity index (χ3v) is 2.97. The van der Waals surface area contributed by atoms with Crippen molar-refractivity contribution >= 4 is 17.1 Å². The van der Waals surface area contributed by atoms with Crippen molar-refractivity contribution in [1.29, 1.82) is 0 Å². The van der Waals surface area contributed by atoms with Crippen LogP contribution in [0.2, 0.25) is 0 Å². The van der Waals surface area contributed by atoms with E-state index in [4.69, 9.17) is 0 Å². The van der Waals surface area contributed by atoms with Gasteiger partial charge in [-0.05, 0) is 61.4 Å². The van der Waals surface area contributed by atoms with E-state index in [-0.39, 0.29) is 0 Å². The number of rotatable bonds is 3. The summed E-state index contributed by atoms with van der Waals surface area (Å²) in [6.07, 6.45) is 0. The zero-order chi connectivity index (χ0) is 12.3. The van der Waals surface area contributed by atoms with Gasteiger partial charge in [0.25, 0.3) is 0 Å². The Balaban J connectivity index is 2.16. The smallest absolute Gasteiger partial charge is 0.0387 e. The molecule has 0 atom stereocenters. The molecule has 0 bridgehead atoms. The second-order valence-electron chi connectivity index (χ2n) is 4.25. The van der Waals surface area contributed by atoms with Crippen LogP contribution < -0.4 is 10.6 Å². The molecule has 2 rings (SSSR count). The van der Waals surface area contributed by atoms with Gasteiger partial charge >= 0.3 is 0 Å². The molecule has 0 aliphatic rings. The van der Waals surface area contributed by atoms with Gasteiger partial charge in [-0.1, -0.05) is 6.07 Å². The fourth-order valence-corrected chi connectivity index (χ4v) is 1.71. The molecule has 88 valence electrons. The Morgan fingerprint density at radius 1 is 0.706 bits per heavy atom. The highest BCUT2D eigenvalue weighted by Gasteiger charge is 1.97. The molecule has 0 heterocycles. The topological polar surface area (TPSA) is 24.1 Å². The van der Waals surface area contributed by atoms with Crippen molar-refractivity contribution in [3.63, 3.8) is 0 Å². The molecule has 0 aliphatic heterocycles. The minimum Gasteiger partial charge on any atom is -0.388 e. The molecule has 0 aliphatic carbocycles. The highest BCUT2D eigenvalue weighted by molar-refractivity contribution is 5.63. The molecular formula is C15H18N2. The summed E-state index contributed by atoms with van der Waals surface area (Å²) < 4.78 is 0. The zero-order valence-electron chi connectivity index (χ0n) is 10.5. The number of anilines is 3. The zero-order valence-corrected chi connectivity index (χ0v) is 10.5. The summed E-state index contributed by atoms with van der Waals surface area (Å²) in [4.78, 5) is 0. The van der Waals surface area contributed by atoms with Gasteiger partial charge in [0, 0.05) is 24.1 Å². The number of hydrogen-bond donors (Lipinski definition) is 2. The van der Waals surface area contributed by atoms with Crippen molar-refractivity contribution in [3.05, 3.63) is 53.6 Å². The molecule has 2 N–H and O–H groups in total. The van der Waals surface area contributed by atoms with Crippen molar-refractivity contribution in [2.24, 2.45) is 0 Å². The Kier molecular flexibility index (Phi) is 3.33. The average Bonchev–Trinajstić information content (AvgIpc) is 2.35. The van der Waals surface area contributed by atoms with Gasteiger partial charge in [-0.2, -0.15) is 0 Å². The van der Waals surface area contributed by atoms with Crippen molar-refractivity contribution < 1.29 is 0 Å². The van der Waals surface area contributed by atoms with E-state index in [2.05, 4.69) is 66.9 Å². The number of aryl methyl sites for hydroxylation is 2. The molecule has 0 saturated heterocycles. The molecule has 2 nitrogen and oxygen atoms in total. The predicted octanol–water partition coefficient (Wildman–Crippen LogP) is 4.09. The Bertz CT molecular complexity index is 501. The third kappa shape index (κ3) is 2.78. The molecule has 2 aromatic rings. The minimum absolute atomic E-state index is 1.10. The number of nitrogens with one attached hydrogen (secondary N) is 2. The van der Waals surface area contributed by atoms with Crippen molar-refractivity contribution in [2.75, 3.05) is 17.7 Å². The Morgan fingerprint density at radius 3 is 1.88 bits per heavy atom. The van der Waals surface area contributed by atoms with Gasteiger partial charge in [-0.25, -0.2) is 0 Å². The van der Waals surface area contributed by atoms with Crippen molar-refractivity contribution in [2.45, 2.75) is 13.8 Å². The van der Waals surface area contributed by atoms with Crippen molar-refractivity contribution in [1.82, 2.24) is 0 Å². The highest BCUT2D eigenvalue weighted by Crippen LogP contribution is 2.20. The summed E-state index contributed by atoms with van der Waals surface area (Å²) in [5.74, 6) is 0. The van der Waals surface area contributed by atoms with Crippen LogP contribution in [0.15, 0.2) is 42.5 Å². The van der Waals surface area contributed by atoms with Gasteiger partial charge in [0.2, 0.25) is 0 Å². The van der Waals surface area contributed by atoms with Crippen molar-refractivity contribution in [3.8, 4) is 0 Å². The van der Waals surface area contributed by atoms with Crippen LogP contribution in [0, 0.1) is 13.8 Å². The Morgan fingerprint density at radius 2 is 1.29 bits per heavy atom. The Labute approximate surface area is 103 Å². The highest BCUT2D eigenvalue weighted by atomic mass is 14.9. The van der Waals surface area contributed by atoms with Gasteiger partial charge in [0.1, 0.15) is 0 Å². The largest absolute Gasteiger partial charge is 0.388 e. The number of benzene rings is 2. The molecule has 0 saturated carbocycles. The van der Waals surface area contributed by atoms with Crippen LogP contribution in [0.3, 0.4) is 0 Å². The molecule has 0 spiro atoms. The first-order chi connectivity index (χ1) is 8.19. The van der Waals surface area contributed by atoms with Crippen LogP contribution in [0.5, 0.6) is 0 Å². The summed E-state index contributed by atoms with van der Waals surface area (Å²) in [6, 6.07) is 14.7. The van der Waals surface area contributed by atoms with Gasteiger partial charge in [0.15, 0.2) is 0 Å². The lowest BCUT2D eigenvalue weighted by atomic mass is 10.1. The second kappa shape index (κ2) is 4.91. The second-order valence-corrected chi connectivity index (χ2v) is 4.25. The first kappa shape index (κ1) is 11.5. The Hall–Kier alpha value is -1.96. The maximum absolute atomic E-state index is 3.40. The van der Waals surface area contributed by atoms with E-state index < -0.39 is 0 Å². The minimum atomic E-state index is 1.10. The maximum atomic E-state index is 3.40. The quantitative estimate of drug-likeness (QED) is 0.823. The summed E-state index contributed by atoms with van der Waals surface area (Å²) in [5.41, 5.74) is 5.98. The van der Waals surface area contributed by atoms with Gasteiger partial charge in [-0.3, -0.25) is 0 Å². The molecule has 2 aromatic carbocycles. The van der Waals surface area contributed by atoms with Crippen LogP contribution in [-0.4, -0.2) is 7.05 Å². The molecule has 0 radical (unpaired) electrons. The molecule has 0 aromatic heterocycles. The van der Waals surface area contributed by atoms with Crippen LogP contribution in [0.25, 0.3) is 0 Å². The third-order valence-electron chi connectivity index (χ3n) is 2.97. The molecule has 17 heavy (non-hydrogen) atoms. The van der Waals surface area contributed by atoms with Crippen LogP contribution in [0.4, 0.5) is 17.1 Å². The SMILES string of the molecule is CNc1ccc(Nc2ccc(C)c(C)c2)cc1. The van der Waals surface area contributed by atoms with E-state index >= 15 is 0 Å². The molecule has 2 heteroatoms. The monoisotopic (exact) mass is 226 g/mol. The maximum Gasteiger partial charge on any atom is 0.0387 e. The van der Waals surface area contributed by atoms with E-state index in [0.29, 0.717) is 0 Å². The summed E-state index contributed by atoms with van der Waals surface area (Å²) in [7, 11) is 1.92. The molecule has 0 unspecified atom stereocenters. The fraction of sp³-hybridized carbons (Fsp3) is 0.200. The summed E-state index contributed by atoms with van der Waals surface area (Å²) in [5, 5.41) is 6.50. The van der Waals surface area contributed by atoms with Gasteiger partial charge < -0.3 is 10.6 Å². The van der Waals surface area contributed by atoms with E-state index in [9.17, 15) is 0 Å². The number of hydrogen-bond acceptors (Lipinski definition) is 2. The first-order valence-electron chi connectivity index (χ1n) is 5.81. The first-order valence-corrected chi connectivity index (χ1v) is 5.81. The van der Waals surface area contributed by atoms with E-state index in [1.807, 2.05) is 7.05 Å². The lowest BCUT2D eigenvalue weighted by Gasteiger charge is -2.09. The lowest BCUT2D eigenvalue weighted by molar-refractivity contribution is 1.34. The fourth-order valence-electron chi connectivity index (χ4n) is 1.71. The molecular weight excluding hydrogens is 208 g/mol. The van der Waals surface area contributed by atoms with Crippen LogP contribution in [-0.2, 0) is 0 Å². The van der Waals surface area contributed by atoms with Gasteiger partial charge in [-0.15, -0.1) is 0 Å². The molecule has 0 fully saturated rings. The normalized spacial score (nSPS) is 10.1. The van der Waals surface area contributed by atoms with E-state index in [0.717, 1.165) is 17.1 Å². The lowest BCUT2D eigenvalue weighted by Crippen LogP contribution is -1.93. The molecule has 0 amide bonds. The average molecular weight is 226 g/mol. The predicted molar refractivity (Wildman–Crippen MR) is 75.2 cm³/mol.